The molecule has 3 aliphatic rings. The molecule has 6 aromatic rings. The van der Waals surface area contributed by atoms with Gasteiger partial charge in [-0.3, -0.25) is 0 Å². The maximum atomic E-state index is 6.33. The van der Waals surface area contributed by atoms with Crippen molar-refractivity contribution in [2.24, 2.45) is 0 Å². The van der Waals surface area contributed by atoms with Crippen LogP contribution in [0.25, 0.3) is 39.2 Å². The third kappa shape index (κ3) is 3.84. The van der Waals surface area contributed by atoms with Crippen LogP contribution in [-0.4, -0.2) is 0 Å². The highest BCUT2D eigenvalue weighted by Crippen LogP contribution is 2.52. The first-order valence-corrected chi connectivity index (χ1v) is 15.7. The Labute approximate surface area is 263 Å². The molecule has 0 atom stereocenters. The first-order chi connectivity index (χ1) is 22.1. The van der Waals surface area contributed by atoms with Crippen LogP contribution in [0.2, 0.25) is 0 Å². The van der Waals surface area contributed by atoms with Crippen LogP contribution in [0, 0.1) is 0 Å². The molecule has 1 heterocycles. The number of hydrogen-bond acceptors (Lipinski definition) is 2. The lowest BCUT2D eigenvalue weighted by Crippen LogP contribution is -2.23. The van der Waals surface area contributed by atoms with E-state index in [-0.39, 0.29) is 5.41 Å². The Morgan fingerprint density at radius 3 is 2.36 bits per heavy atom. The number of fused-ring (bicyclic) bond motifs is 7. The van der Waals surface area contributed by atoms with Crippen LogP contribution in [0.4, 0.5) is 11.4 Å². The van der Waals surface area contributed by atoms with Gasteiger partial charge in [-0.2, -0.15) is 0 Å². The average Bonchev–Trinajstić information content (AvgIpc) is 3.58. The van der Waals surface area contributed by atoms with Gasteiger partial charge in [0.15, 0.2) is 0 Å². The zero-order valence-electron chi connectivity index (χ0n) is 25.4. The Balaban J connectivity index is 1.27. The topological polar surface area (TPSA) is 16.4 Å². The van der Waals surface area contributed by atoms with Gasteiger partial charge in [0.1, 0.15) is 11.2 Å². The van der Waals surface area contributed by atoms with Crippen LogP contribution in [0.3, 0.4) is 0 Å². The van der Waals surface area contributed by atoms with Crippen molar-refractivity contribution in [1.29, 1.82) is 0 Å². The molecule has 0 fully saturated rings. The summed E-state index contributed by atoms with van der Waals surface area (Å²) in [6.45, 7) is 4.74. The fraction of sp³-hybridized carbons (Fsp3) is 0.116. The van der Waals surface area contributed by atoms with Crippen LogP contribution < -0.4 is 4.90 Å². The Morgan fingerprint density at radius 1 is 0.711 bits per heavy atom. The van der Waals surface area contributed by atoms with Gasteiger partial charge in [0, 0.05) is 44.3 Å². The molecule has 0 radical (unpaired) electrons. The molecule has 3 aliphatic carbocycles. The van der Waals surface area contributed by atoms with E-state index in [0.717, 1.165) is 68.4 Å². The predicted molar refractivity (Wildman–Crippen MR) is 186 cm³/mol. The molecule has 45 heavy (non-hydrogen) atoms. The molecule has 0 N–H and O–H groups in total. The quantitative estimate of drug-likeness (QED) is 0.194. The van der Waals surface area contributed by atoms with E-state index in [1.54, 1.807) is 0 Å². The molecule has 9 rings (SSSR count). The Bertz CT molecular complexity index is 2370. The summed E-state index contributed by atoms with van der Waals surface area (Å²) in [4.78, 5) is 2.47. The van der Waals surface area contributed by atoms with Crippen LogP contribution in [0.1, 0.15) is 54.5 Å². The van der Waals surface area contributed by atoms with Gasteiger partial charge >= 0.3 is 0 Å². The molecule has 0 saturated heterocycles. The second kappa shape index (κ2) is 9.74. The number of rotatable bonds is 4. The number of allylic oxidation sites excluding steroid dienone is 4. The molecule has 214 valence electrons. The van der Waals surface area contributed by atoms with Crippen molar-refractivity contribution in [3.05, 3.63) is 172 Å². The van der Waals surface area contributed by atoms with Gasteiger partial charge in [-0.25, -0.2) is 0 Å². The minimum Gasteiger partial charge on any atom is -0.456 e. The minimum absolute atomic E-state index is 0.0498. The Kier molecular flexibility index (Phi) is 5.62. The number of anilines is 2. The number of hydrogen-bond donors (Lipinski definition) is 0. The highest BCUT2D eigenvalue weighted by molar-refractivity contribution is 6.14. The molecule has 0 bridgehead atoms. The van der Waals surface area contributed by atoms with Crippen LogP contribution in [0.5, 0.6) is 0 Å². The highest BCUT2D eigenvalue weighted by atomic mass is 16.3. The van der Waals surface area contributed by atoms with Crippen molar-refractivity contribution in [3.8, 4) is 0 Å². The average molecular weight is 578 g/mol. The van der Waals surface area contributed by atoms with Gasteiger partial charge in [0.2, 0.25) is 0 Å². The van der Waals surface area contributed by atoms with Crippen molar-refractivity contribution in [3.63, 3.8) is 0 Å². The van der Waals surface area contributed by atoms with E-state index in [0.29, 0.717) is 0 Å². The first kappa shape index (κ1) is 25.9. The van der Waals surface area contributed by atoms with Crippen LogP contribution >= 0.6 is 0 Å². The number of furan rings is 1. The molecule has 5 aromatic carbocycles. The van der Waals surface area contributed by atoms with Crippen LogP contribution in [0.15, 0.2) is 148 Å². The molecule has 0 aliphatic heterocycles. The normalized spacial score (nSPS) is 16.0. The monoisotopic (exact) mass is 577 g/mol. The van der Waals surface area contributed by atoms with Gasteiger partial charge in [0.25, 0.3) is 0 Å². The summed E-state index contributed by atoms with van der Waals surface area (Å²) in [5, 5.41) is 2.25. The lowest BCUT2D eigenvalue weighted by atomic mass is 9.79. The second-order valence-electron chi connectivity index (χ2n) is 12.7. The third-order valence-electron chi connectivity index (χ3n) is 9.83. The Hall–Kier alpha value is -5.52. The molecule has 0 unspecified atom stereocenters. The van der Waals surface area contributed by atoms with Gasteiger partial charge in [0.05, 0.1) is 5.69 Å². The summed E-state index contributed by atoms with van der Waals surface area (Å²) < 4.78 is 6.33. The SMILES string of the molecule is CC1(C)C2=C(CCC(N(c3ccccc3)c3ccccc3C3=C=C=Cc4ccc5oc6ccccc6c5c43)=C2)c2ccccc21. The predicted octanol–water partition coefficient (Wildman–Crippen LogP) is 11.4. The van der Waals surface area contributed by atoms with Crippen LogP contribution in [-0.2, 0) is 5.41 Å². The maximum absolute atomic E-state index is 6.33. The van der Waals surface area contributed by atoms with Crippen molar-refractivity contribution in [2.45, 2.75) is 32.1 Å². The first-order valence-electron chi connectivity index (χ1n) is 15.7. The van der Waals surface area contributed by atoms with Gasteiger partial charge in [-0.1, -0.05) is 104 Å². The largest absolute Gasteiger partial charge is 0.456 e. The zero-order valence-corrected chi connectivity index (χ0v) is 25.4. The summed E-state index contributed by atoms with van der Waals surface area (Å²) in [7, 11) is 0. The summed E-state index contributed by atoms with van der Waals surface area (Å²) in [5.41, 5.74) is 22.4. The van der Waals surface area contributed by atoms with Crippen molar-refractivity contribution in [1.82, 2.24) is 0 Å². The van der Waals surface area contributed by atoms with E-state index in [1.165, 1.54) is 28.0 Å². The fourth-order valence-electron chi connectivity index (χ4n) is 7.75. The standard InChI is InChI=1S/C43H31NO/c1-43(2)36-20-9-6-16-31(36)32-25-24-30(27-37(32)43)44(29-14-4-3-5-15-29)38-21-10-7-17-33(38)34-19-12-13-28-23-26-40-42(41(28)34)35-18-8-11-22-39(35)45-40/h3-11,13-18,20-23,26-27H,24-25H2,1-2H3. The number of para-hydroxylation sites is 3. The van der Waals surface area contributed by atoms with E-state index in [2.05, 4.69) is 139 Å². The van der Waals surface area contributed by atoms with Gasteiger partial charge in [-0.15, -0.1) is 0 Å². The van der Waals surface area contributed by atoms with Crippen molar-refractivity contribution < 1.29 is 4.42 Å². The lowest BCUT2D eigenvalue weighted by Gasteiger charge is -2.34. The van der Waals surface area contributed by atoms with E-state index in [9.17, 15) is 0 Å². The minimum atomic E-state index is -0.0498. The van der Waals surface area contributed by atoms with Crippen molar-refractivity contribution in [2.75, 3.05) is 4.90 Å². The molecule has 0 saturated carbocycles. The third-order valence-corrected chi connectivity index (χ3v) is 9.83. The maximum Gasteiger partial charge on any atom is 0.136 e. The molecule has 0 amide bonds. The summed E-state index contributed by atoms with van der Waals surface area (Å²) in [5.74, 6) is 0. The molecular weight excluding hydrogens is 546 g/mol. The molecule has 2 heteroatoms. The Morgan fingerprint density at radius 2 is 1.47 bits per heavy atom. The highest BCUT2D eigenvalue weighted by Gasteiger charge is 2.38. The van der Waals surface area contributed by atoms with E-state index >= 15 is 0 Å². The summed E-state index contributed by atoms with van der Waals surface area (Å²) >= 11 is 0. The zero-order chi connectivity index (χ0) is 30.1. The second-order valence-corrected chi connectivity index (χ2v) is 12.7. The smallest absolute Gasteiger partial charge is 0.136 e. The summed E-state index contributed by atoms with van der Waals surface area (Å²) in [6.07, 6.45) is 6.48. The fourth-order valence-corrected chi connectivity index (χ4v) is 7.75. The van der Waals surface area contributed by atoms with E-state index < -0.39 is 0 Å². The van der Waals surface area contributed by atoms with Gasteiger partial charge in [-0.05, 0) is 89.2 Å². The lowest BCUT2D eigenvalue weighted by molar-refractivity contribution is 0.648. The van der Waals surface area contributed by atoms with Crippen molar-refractivity contribution >= 4 is 50.5 Å². The molecule has 1 aromatic heterocycles. The van der Waals surface area contributed by atoms with Gasteiger partial charge < -0.3 is 9.32 Å². The number of benzene rings is 5. The number of nitrogens with zero attached hydrogens (tertiary/aromatic N) is 1. The molecular formula is C43H31NO. The van der Waals surface area contributed by atoms with E-state index in [1.807, 2.05) is 18.2 Å². The molecule has 2 nitrogen and oxygen atoms in total. The summed E-state index contributed by atoms with van der Waals surface area (Å²) in [6, 6.07) is 41.1. The van der Waals surface area contributed by atoms with E-state index in [4.69, 9.17) is 4.42 Å². The molecule has 0 spiro atoms.